The van der Waals surface area contributed by atoms with Gasteiger partial charge < -0.3 is 14.5 Å². The van der Waals surface area contributed by atoms with Gasteiger partial charge in [-0.2, -0.15) is 26.3 Å². The van der Waals surface area contributed by atoms with Crippen LogP contribution in [0.5, 0.6) is 5.75 Å². The minimum absolute atomic E-state index is 0. The number of benzene rings is 3. The topological polar surface area (TPSA) is 47.1 Å². The second-order valence-electron chi connectivity index (χ2n) is 7.48. The number of ether oxygens (including phenoxy) is 2. The smallest absolute Gasteiger partial charge is 0.416 e. The van der Waals surface area contributed by atoms with Gasteiger partial charge in [-0.3, -0.25) is 0 Å². The van der Waals surface area contributed by atoms with Crippen molar-refractivity contribution in [2.75, 3.05) is 20.3 Å². The maximum atomic E-state index is 13.3. The zero-order valence-corrected chi connectivity index (χ0v) is 18.9. The monoisotopic (exact) mass is 516 g/mol. The maximum Gasteiger partial charge on any atom is 0.416 e. The number of alkyl halides is 6. The van der Waals surface area contributed by atoms with Crippen LogP contribution in [0.15, 0.2) is 60.9 Å². The van der Waals surface area contributed by atoms with E-state index in [0.717, 1.165) is 0 Å². The van der Waals surface area contributed by atoms with Gasteiger partial charge in [-0.05, 0) is 58.3 Å². The van der Waals surface area contributed by atoms with E-state index in [1.54, 1.807) is 30.6 Å². The number of hydrogen-bond acceptors (Lipinski definition) is 3. The van der Waals surface area contributed by atoms with Crippen LogP contribution >= 0.6 is 12.4 Å². The number of aromatic amines is 1. The van der Waals surface area contributed by atoms with Crippen molar-refractivity contribution in [1.82, 2.24) is 9.97 Å². The standard InChI is InChI=1S/C24H18F6N2O2.ClH/c1-33-6-7-34-21-12-15-3-2-14(8-16(15)11-20(21)22-31-4-5-32-22)17-9-18(23(25,26)27)13-19(10-17)24(28,29)30;/h2-5,8-13H,6-7H2,1H3,(H,31,32);1H. The molecule has 0 saturated carbocycles. The molecule has 0 unspecified atom stereocenters. The average molecular weight is 517 g/mol. The van der Waals surface area contributed by atoms with Gasteiger partial charge in [0.25, 0.3) is 0 Å². The number of methoxy groups -OCH3 is 1. The largest absolute Gasteiger partial charge is 0.490 e. The highest BCUT2D eigenvalue weighted by atomic mass is 35.5. The van der Waals surface area contributed by atoms with Crippen molar-refractivity contribution in [3.05, 3.63) is 72.1 Å². The Bertz CT molecular complexity index is 1270. The number of halogens is 7. The highest BCUT2D eigenvalue weighted by molar-refractivity contribution is 5.92. The Kier molecular flexibility index (Phi) is 7.66. The van der Waals surface area contributed by atoms with Crippen molar-refractivity contribution in [2.45, 2.75) is 12.4 Å². The number of fused-ring (bicyclic) bond motifs is 1. The third-order valence-corrected chi connectivity index (χ3v) is 5.16. The van der Waals surface area contributed by atoms with Crippen molar-refractivity contribution in [3.8, 4) is 28.3 Å². The molecule has 3 aromatic carbocycles. The minimum Gasteiger partial charge on any atom is -0.490 e. The Morgan fingerprint density at radius 1 is 0.800 bits per heavy atom. The van der Waals surface area contributed by atoms with Crippen LogP contribution in [0.25, 0.3) is 33.3 Å². The SMILES string of the molecule is COCCOc1cc2ccc(-c3cc(C(F)(F)F)cc(C(F)(F)F)c3)cc2cc1-c1ncc[nH]1.Cl. The molecule has 4 aromatic rings. The summed E-state index contributed by atoms with van der Waals surface area (Å²) in [5.74, 6) is 1.00. The van der Waals surface area contributed by atoms with Crippen molar-refractivity contribution >= 4 is 23.2 Å². The van der Waals surface area contributed by atoms with E-state index in [9.17, 15) is 26.3 Å². The molecule has 35 heavy (non-hydrogen) atoms. The highest BCUT2D eigenvalue weighted by Crippen LogP contribution is 2.40. The van der Waals surface area contributed by atoms with E-state index in [1.807, 2.05) is 0 Å². The molecule has 11 heteroatoms. The summed E-state index contributed by atoms with van der Waals surface area (Å²) in [4.78, 5) is 7.19. The number of nitrogens with zero attached hydrogens (tertiary/aromatic N) is 1. The molecule has 0 atom stereocenters. The third-order valence-electron chi connectivity index (χ3n) is 5.16. The van der Waals surface area contributed by atoms with Gasteiger partial charge in [0.15, 0.2) is 0 Å². The number of rotatable bonds is 6. The first-order valence-electron chi connectivity index (χ1n) is 10.1. The first-order valence-corrected chi connectivity index (χ1v) is 10.1. The molecule has 1 heterocycles. The summed E-state index contributed by atoms with van der Waals surface area (Å²) in [7, 11) is 1.54. The predicted octanol–water partition coefficient (Wildman–Crippen LogP) is 7.38. The predicted molar refractivity (Wildman–Crippen MR) is 122 cm³/mol. The van der Waals surface area contributed by atoms with Gasteiger partial charge >= 0.3 is 12.4 Å². The fraction of sp³-hybridized carbons (Fsp3) is 0.208. The molecular formula is C24H19ClF6N2O2. The van der Waals surface area contributed by atoms with Gasteiger partial charge in [-0.1, -0.05) is 12.1 Å². The van der Waals surface area contributed by atoms with E-state index in [4.69, 9.17) is 9.47 Å². The summed E-state index contributed by atoms with van der Waals surface area (Å²) >= 11 is 0. The molecule has 4 rings (SSSR count). The number of aromatic nitrogens is 2. The molecule has 0 saturated heterocycles. The van der Waals surface area contributed by atoms with E-state index in [-0.39, 0.29) is 36.2 Å². The van der Waals surface area contributed by atoms with Crippen molar-refractivity contribution < 1.29 is 35.8 Å². The lowest BCUT2D eigenvalue weighted by atomic mass is 9.96. The van der Waals surface area contributed by atoms with E-state index in [2.05, 4.69) is 9.97 Å². The fourth-order valence-corrected chi connectivity index (χ4v) is 3.53. The maximum absolute atomic E-state index is 13.3. The quantitative estimate of drug-likeness (QED) is 0.215. The summed E-state index contributed by atoms with van der Waals surface area (Å²) in [5, 5.41) is 1.28. The molecule has 0 fully saturated rings. The van der Waals surface area contributed by atoms with Crippen LogP contribution in [-0.4, -0.2) is 30.3 Å². The molecule has 0 radical (unpaired) electrons. The Labute approximate surface area is 202 Å². The summed E-state index contributed by atoms with van der Waals surface area (Å²) in [5.41, 5.74) is -2.12. The Balaban J connectivity index is 0.00000342. The Morgan fingerprint density at radius 2 is 1.49 bits per heavy atom. The highest BCUT2D eigenvalue weighted by Gasteiger charge is 2.37. The molecule has 0 aliphatic rings. The molecule has 1 aromatic heterocycles. The first kappa shape index (κ1) is 26.4. The zero-order chi connectivity index (χ0) is 24.5. The van der Waals surface area contributed by atoms with Gasteiger partial charge in [-0.25, -0.2) is 4.98 Å². The molecule has 186 valence electrons. The summed E-state index contributed by atoms with van der Waals surface area (Å²) in [6, 6.07) is 9.63. The van der Waals surface area contributed by atoms with Gasteiger partial charge in [-0.15, -0.1) is 12.4 Å². The lowest BCUT2D eigenvalue weighted by Crippen LogP contribution is -2.11. The van der Waals surface area contributed by atoms with Crippen LogP contribution in [0.4, 0.5) is 26.3 Å². The van der Waals surface area contributed by atoms with Gasteiger partial charge in [0.05, 0.1) is 23.3 Å². The molecule has 0 aliphatic heterocycles. The molecule has 0 bridgehead atoms. The van der Waals surface area contributed by atoms with Crippen LogP contribution in [-0.2, 0) is 17.1 Å². The lowest BCUT2D eigenvalue weighted by molar-refractivity contribution is -0.143. The van der Waals surface area contributed by atoms with Gasteiger partial charge in [0.2, 0.25) is 0 Å². The molecule has 0 amide bonds. The third kappa shape index (κ3) is 5.88. The number of imidazole rings is 1. The van der Waals surface area contributed by atoms with Crippen LogP contribution in [0, 0.1) is 0 Å². The van der Waals surface area contributed by atoms with Crippen molar-refractivity contribution in [1.29, 1.82) is 0 Å². The molecule has 0 aliphatic carbocycles. The minimum atomic E-state index is -4.92. The van der Waals surface area contributed by atoms with Crippen molar-refractivity contribution in [3.63, 3.8) is 0 Å². The number of nitrogens with one attached hydrogen (secondary N) is 1. The second kappa shape index (κ2) is 10.2. The Hall–Kier alpha value is -3.24. The van der Waals surface area contributed by atoms with Crippen LogP contribution in [0.3, 0.4) is 0 Å². The van der Waals surface area contributed by atoms with Crippen molar-refractivity contribution in [2.24, 2.45) is 0 Å². The van der Waals surface area contributed by atoms with Crippen LogP contribution < -0.4 is 4.74 Å². The van der Waals surface area contributed by atoms with E-state index in [0.29, 0.717) is 46.6 Å². The number of hydrogen-bond donors (Lipinski definition) is 1. The van der Waals surface area contributed by atoms with E-state index >= 15 is 0 Å². The second-order valence-corrected chi connectivity index (χ2v) is 7.48. The molecule has 0 spiro atoms. The summed E-state index contributed by atoms with van der Waals surface area (Å²) in [6.07, 6.45) is -6.67. The average Bonchev–Trinajstić information content (AvgIpc) is 3.32. The Morgan fingerprint density at radius 3 is 2.06 bits per heavy atom. The summed E-state index contributed by atoms with van der Waals surface area (Å²) < 4.78 is 90.5. The fourth-order valence-electron chi connectivity index (χ4n) is 3.53. The summed E-state index contributed by atoms with van der Waals surface area (Å²) in [6.45, 7) is 0.629. The zero-order valence-electron chi connectivity index (χ0n) is 18.1. The van der Waals surface area contributed by atoms with E-state index in [1.165, 1.54) is 19.2 Å². The van der Waals surface area contributed by atoms with Gasteiger partial charge in [0.1, 0.15) is 18.2 Å². The molecular weight excluding hydrogens is 498 g/mol. The normalized spacial score (nSPS) is 12.0. The first-order chi connectivity index (χ1) is 16.1. The number of H-pyrrole nitrogens is 1. The lowest BCUT2D eigenvalue weighted by Gasteiger charge is -2.15. The van der Waals surface area contributed by atoms with Crippen LogP contribution in [0.1, 0.15) is 11.1 Å². The van der Waals surface area contributed by atoms with E-state index < -0.39 is 23.5 Å². The molecule has 4 nitrogen and oxygen atoms in total. The van der Waals surface area contributed by atoms with Gasteiger partial charge in [0, 0.05) is 19.5 Å². The van der Waals surface area contributed by atoms with Crippen LogP contribution in [0.2, 0.25) is 0 Å². The molecule has 1 N–H and O–H groups in total.